The maximum Gasteiger partial charge on any atom is 0.220 e. The van der Waals surface area contributed by atoms with E-state index in [9.17, 15) is 13.6 Å². The number of amides is 1. The first kappa shape index (κ1) is 17.2. The lowest BCUT2D eigenvalue weighted by atomic mass is 10.1. The molecular weight excluding hydrogens is 302 g/mol. The highest BCUT2D eigenvalue weighted by atomic mass is 19.1. The Morgan fingerprint density at radius 3 is 2.96 bits per heavy atom. The molecule has 0 bridgehead atoms. The van der Waals surface area contributed by atoms with Gasteiger partial charge in [0.1, 0.15) is 11.6 Å². The zero-order valence-corrected chi connectivity index (χ0v) is 13.2. The van der Waals surface area contributed by atoms with Crippen molar-refractivity contribution in [1.29, 1.82) is 0 Å². The van der Waals surface area contributed by atoms with Crippen molar-refractivity contribution in [2.24, 2.45) is 4.99 Å². The van der Waals surface area contributed by atoms with Crippen LogP contribution in [-0.2, 0) is 11.2 Å². The molecule has 0 radical (unpaired) electrons. The molecule has 1 saturated heterocycles. The van der Waals surface area contributed by atoms with E-state index in [-0.39, 0.29) is 11.9 Å². The number of rotatable bonds is 5. The van der Waals surface area contributed by atoms with E-state index in [1.165, 1.54) is 6.07 Å². The fourth-order valence-electron chi connectivity index (χ4n) is 2.39. The molecular formula is C16H22F2N4O. The van der Waals surface area contributed by atoms with Gasteiger partial charge in [0.25, 0.3) is 0 Å². The number of carbonyl (C=O) groups is 1. The zero-order chi connectivity index (χ0) is 16.7. The summed E-state index contributed by atoms with van der Waals surface area (Å²) in [6.45, 7) is 3.54. The van der Waals surface area contributed by atoms with Gasteiger partial charge in [0.05, 0.1) is 0 Å². The second-order valence-corrected chi connectivity index (χ2v) is 5.43. The van der Waals surface area contributed by atoms with Crippen molar-refractivity contribution < 1.29 is 13.6 Å². The summed E-state index contributed by atoms with van der Waals surface area (Å²) in [5.41, 5.74) is 0.314. The molecule has 0 saturated carbocycles. The fourth-order valence-corrected chi connectivity index (χ4v) is 2.39. The summed E-state index contributed by atoms with van der Waals surface area (Å²) in [7, 11) is 0. The molecule has 1 amide bonds. The predicted molar refractivity (Wildman–Crippen MR) is 85.2 cm³/mol. The summed E-state index contributed by atoms with van der Waals surface area (Å²) in [6, 6.07) is 3.55. The highest BCUT2D eigenvalue weighted by Gasteiger charge is 2.18. The molecule has 23 heavy (non-hydrogen) atoms. The summed E-state index contributed by atoms with van der Waals surface area (Å²) in [6.07, 6.45) is 1.56. The Hall–Kier alpha value is -2.18. The predicted octanol–water partition coefficient (Wildman–Crippen LogP) is 1.34. The average Bonchev–Trinajstić information content (AvgIpc) is 2.53. The van der Waals surface area contributed by atoms with Crippen LogP contribution >= 0.6 is 0 Å². The quantitative estimate of drug-likeness (QED) is 0.566. The van der Waals surface area contributed by atoms with E-state index in [1.54, 1.807) is 0 Å². The molecule has 7 heteroatoms. The minimum Gasteiger partial charge on any atom is -0.357 e. The lowest BCUT2D eigenvalue weighted by Crippen LogP contribution is -2.51. The first-order chi connectivity index (χ1) is 11.1. The van der Waals surface area contributed by atoms with Crippen LogP contribution < -0.4 is 16.0 Å². The maximum absolute atomic E-state index is 13.6. The molecule has 1 aromatic rings. The van der Waals surface area contributed by atoms with Crippen LogP contribution in [-0.4, -0.2) is 37.5 Å². The maximum atomic E-state index is 13.6. The molecule has 1 unspecified atom stereocenters. The lowest BCUT2D eigenvalue weighted by Gasteiger charge is -2.25. The van der Waals surface area contributed by atoms with Crippen molar-refractivity contribution in [3.8, 4) is 0 Å². The van der Waals surface area contributed by atoms with Crippen molar-refractivity contribution in [3.63, 3.8) is 0 Å². The van der Waals surface area contributed by atoms with Crippen LogP contribution in [0.2, 0.25) is 0 Å². The molecule has 2 rings (SSSR count). The molecule has 0 spiro atoms. The summed E-state index contributed by atoms with van der Waals surface area (Å²) in [4.78, 5) is 15.5. The van der Waals surface area contributed by atoms with Crippen molar-refractivity contribution in [2.75, 3.05) is 19.6 Å². The van der Waals surface area contributed by atoms with E-state index >= 15 is 0 Å². The van der Waals surface area contributed by atoms with Gasteiger partial charge in [-0.3, -0.25) is 9.79 Å². The smallest absolute Gasteiger partial charge is 0.220 e. The van der Waals surface area contributed by atoms with Gasteiger partial charge in [-0.05, 0) is 43.5 Å². The normalized spacial score (nSPS) is 18.5. The molecule has 1 fully saturated rings. The van der Waals surface area contributed by atoms with E-state index < -0.39 is 11.6 Å². The monoisotopic (exact) mass is 324 g/mol. The highest BCUT2D eigenvalue weighted by Crippen LogP contribution is 2.10. The van der Waals surface area contributed by atoms with Crippen molar-refractivity contribution in [1.82, 2.24) is 16.0 Å². The third-order valence-corrected chi connectivity index (χ3v) is 3.61. The Bertz CT molecular complexity index is 567. The molecule has 1 aliphatic rings. The average molecular weight is 324 g/mol. The third kappa shape index (κ3) is 5.50. The van der Waals surface area contributed by atoms with Crippen molar-refractivity contribution in [3.05, 3.63) is 35.4 Å². The van der Waals surface area contributed by atoms with Gasteiger partial charge in [-0.2, -0.15) is 0 Å². The first-order valence-corrected chi connectivity index (χ1v) is 7.84. The van der Waals surface area contributed by atoms with Gasteiger partial charge < -0.3 is 16.0 Å². The number of aliphatic imine (C=N–C) groups is 1. The highest BCUT2D eigenvalue weighted by molar-refractivity contribution is 5.81. The SMILES string of the molecule is CCNC(=NCCc1cc(F)ccc1F)NC1CCC(=O)NC1. The van der Waals surface area contributed by atoms with E-state index in [1.807, 2.05) is 6.92 Å². The van der Waals surface area contributed by atoms with Crippen LogP contribution in [0.4, 0.5) is 8.78 Å². The Morgan fingerprint density at radius 1 is 1.43 bits per heavy atom. The van der Waals surface area contributed by atoms with Crippen LogP contribution in [0, 0.1) is 11.6 Å². The van der Waals surface area contributed by atoms with Gasteiger partial charge in [-0.15, -0.1) is 0 Å². The number of benzene rings is 1. The van der Waals surface area contributed by atoms with Gasteiger partial charge in [-0.1, -0.05) is 0 Å². The number of hydrogen-bond donors (Lipinski definition) is 3. The third-order valence-electron chi connectivity index (χ3n) is 3.61. The van der Waals surface area contributed by atoms with Gasteiger partial charge in [0.15, 0.2) is 5.96 Å². The Kier molecular flexibility index (Phi) is 6.31. The minimum absolute atomic E-state index is 0.0616. The van der Waals surface area contributed by atoms with Crippen molar-refractivity contribution in [2.45, 2.75) is 32.2 Å². The lowest BCUT2D eigenvalue weighted by molar-refractivity contribution is -0.122. The largest absolute Gasteiger partial charge is 0.357 e. The number of piperidine rings is 1. The van der Waals surface area contributed by atoms with Crippen molar-refractivity contribution >= 4 is 11.9 Å². The van der Waals surface area contributed by atoms with E-state index in [0.717, 1.165) is 18.6 Å². The van der Waals surface area contributed by atoms with E-state index in [0.29, 0.717) is 44.0 Å². The molecule has 1 aromatic carbocycles. The van der Waals surface area contributed by atoms with Crippen LogP contribution in [0.1, 0.15) is 25.3 Å². The minimum atomic E-state index is -0.451. The second-order valence-electron chi connectivity index (χ2n) is 5.43. The fraction of sp³-hybridized carbons (Fsp3) is 0.500. The van der Waals surface area contributed by atoms with Crippen LogP contribution in [0.5, 0.6) is 0 Å². The summed E-state index contributed by atoms with van der Waals surface area (Å²) < 4.78 is 26.7. The summed E-state index contributed by atoms with van der Waals surface area (Å²) in [5, 5.41) is 9.16. The molecule has 3 N–H and O–H groups in total. The van der Waals surface area contributed by atoms with Gasteiger partial charge >= 0.3 is 0 Å². The number of nitrogens with one attached hydrogen (secondary N) is 3. The molecule has 126 valence electrons. The van der Waals surface area contributed by atoms with E-state index in [2.05, 4.69) is 20.9 Å². The number of nitrogens with zero attached hydrogens (tertiary/aromatic N) is 1. The second kappa shape index (κ2) is 8.45. The molecule has 0 aliphatic carbocycles. The standard InChI is InChI=1S/C16H22F2N4O/c1-2-19-16(22-13-4-6-15(23)21-10-13)20-8-7-11-9-12(17)3-5-14(11)18/h3,5,9,13H,2,4,6-8,10H2,1H3,(H,21,23)(H2,19,20,22). The van der Waals surface area contributed by atoms with Crippen LogP contribution in [0.3, 0.4) is 0 Å². The Balaban J connectivity index is 1.90. The number of carbonyl (C=O) groups excluding carboxylic acids is 1. The molecule has 1 atom stereocenters. The summed E-state index contributed by atoms with van der Waals surface area (Å²) in [5.74, 6) is -0.194. The molecule has 0 aromatic heterocycles. The molecule has 5 nitrogen and oxygen atoms in total. The van der Waals surface area contributed by atoms with E-state index in [4.69, 9.17) is 0 Å². The van der Waals surface area contributed by atoms with Crippen LogP contribution in [0.15, 0.2) is 23.2 Å². The molecule has 1 aliphatic heterocycles. The van der Waals surface area contributed by atoms with Gasteiger partial charge in [0.2, 0.25) is 5.91 Å². The number of hydrogen-bond acceptors (Lipinski definition) is 2. The van der Waals surface area contributed by atoms with Gasteiger partial charge in [0, 0.05) is 32.1 Å². The van der Waals surface area contributed by atoms with Crippen LogP contribution in [0.25, 0.3) is 0 Å². The Morgan fingerprint density at radius 2 is 2.26 bits per heavy atom. The number of halogens is 2. The summed E-state index contributed by atoms with van der Waals surface area (Å²) >= 11 is 0. The Labute approximate surface area is 134 Å². The first-order valence-electron chi connectivity index (χ1n) is 7.84. The number of guanidine groups is 1. The molecule has 1 heterocycles. The van der Waals surface area contributed by atoms with Gasteiger partial charge in [-0.25, -0.2) is 8.78 Å². The topological polar surface area (TPSA) is 65.5 Å². The zero-order valence-electron chi connectivity index (χ0n) is 13.2.